The van der Waals surface area contributed by atoms with Gasteiger partial charge in [0.05, 0.1) is 0 Å². The molecular weight excluding hydrogens is 436 g/mol. The Bertz CT molecular complexity index is 1280. The molecule has 0 aliphatic carbocycles. The predicted molar refractivity (Wildman–Crippen MR) is 158 cm³/mol. The summed E-state index contributed by atoms with van der Waals surface area (Å²) in [7, 11) is 0. The number of anilines is 2. The molecule has 0 aromatic heterocycles. The normalized spacial score (nSPS) is 15.4. The van der Waals surface area contributed by atoms with Gasteiger partial charge in [-0.15, -0.1) is 0 Å². The van der Waals surface area contributed by atoms with Gasteiger partial charge in [-0.1, -0.05) is 75.2 Å². The van der Waals surface area contributed by atoms with Gasteiger partial charge in [-0.2, -0.15) is 0 Å². The monoisotopic (exact) mass is 476 g/mol. The van der Waals surface area contributed by atoms with Crippen LogP contribution in [0.3, 0.4) is 0 Å². The van der Waals surface area contributed by atoms with Crippen molar-refractivity contribution in [3.05, 3.63) is 71.8 Å². The number of nitrogens with zero attached hydrogens (tertiary/aromatic N) is 2. The van der Waals surface area contributed by atoms with E-state index in [9.17, 15) is 0 Å². The second-order valence-corrected chi connectivity index (χ2v) is 10.8. The molecule has 0 fully saturated rings. The zero-order valence-corrected chi connectivity index (χ0v) is 22.2. The average Bonchev–Trinajstić information content (AvgIpc) is 2.93. The van der Waals surface area contributed by atoms with Crippen LogP contribution in [-0.4, -0.2) is 26.2 Å². The van der Waals surface area contributed by atoms with Crippen LogP contribution in [0, 0.1) is 0 Å². The first kappa shape index (κ1) is 23.4. The summed E-state index contributed by atoms with van der Waals surface area (Å²) in [6, 6.07) is 23.5. The molecule has 0 spiro atoms. The lowest BCUT2D eigenvalue weighted by Gasteiger charge is -2.35. The third-order valence-corrected chi connectivity index (χ3v) is 8.42. The smallest absolute Gasteiger partial charge is 0.0478 e. The van der Waals surface area contributed by atoms with Gasteiger partial charge in [-0.25, -0.2) is 0 Å². The van der Waals surface area contributed by atoms with Crippen LogP contribution in [0.1, 0.15) is 63.5 Å². The largest absolute Gasteiger partial charge is 0.371 e. The number of benzene rings is 4. The maximum Gasteiger partial charge on any atom is 0.0478 e. The highest BCUT2D eigenvalue weighted by molar-refractivity contribution is 6.12. The molecule has 4 aromatic carbocycles. The van der Waals surface area contributed by atoms with Crippen LogP contribution < -0.4 is 9.80 Å². The molecule has 0 atom stereocenters. The van der Waals surface area contributed by atoms with Crippen molar-refractivity contribution in [2.45, 2.75) is 65.2 Å². The summed E-state index contributed by atoms with van der Waals surface area (Å²) in [6.45, 7) is 9.31. The zero-order chi connectivity index (χ0) is 24.5. The minimum atomic E-state index is 1.17. The van der Waals surface area contributed by atoms with E-state index in [2.05, 4.69) is 84.3 Å². The van der Waals surface area contributed by atoms with Gasteiger partial charge in [0.25, 0.3) is 0 Å². The Balaban J connectivity index is 1.58. The van der Waals surface area contributed by atoms with E-state index in [1.807, 2.05) is 0 Å². The van der Waals surface area contributed by atoms with Crippen LogP contribution in [0.2, 0.25) is 0 Å². The highest BCUT2D eigenvalue weighted by atomic mass is 15.1. The summed E-state index contributed by atoms with van der Waals surface area (Å²) in [4.78, 5) is 5.34. The number of hydrogen-bond donors (Lipinski definition) is 0. The van der Waals surface area contributed by atoms with Crippen molar-refractivity contribution in [2.24, 2.45) is 0 Å². The maximum atomic E-state index is 2.67. The average molecular weight is 477 g/mol. The van der Waals surface area contributed by atoms with Gasteiger partial charge in [0.1, 0.15) is 0 Å². The fourth-order valence-electron chi connectivity index (χ4n) is 6.70. The number of fused-ring (bicyclic) bond motifs is 6. The molecule has 2 nitrogen and oxygen atoms in total. The van der Waals surface area contributed by atoms with Gasteiger partial charge < -0.3 is 9.80 Å². The molecule has 2 aliphatic rings. The minimum absolute atomic E-state index is 1.17. The summed E-state index contributed by atoms with van der Waals surface area (Å²) < 4.78 is 0. The van der Waals surface area contributed by atoms with Gasteiger partial charge in [0.2, 0.25) is 0 Å². The molecule has 0 radical (unpaired) electrons. The molecule has 2 heterocycles. The third-order valence-electron chi connectivity index (χ3n) is 8.42. The van der Waals surface area contributed by atoms with Crippen LogP contribution in [0.4, 0.5) is 11.4 Å². The molecule has 0 unspecified atom stereocenters. The number of rotatable bonds is 7. The summed E-state index contributed by atoms with van der Waals surface area (Å²) in [5.41, 5.74) is 8.93. The van der Waals surface area contributed by atoms with Crippen molar-refractivity contribution in [3.63, 3.8) is 0 Å². The first-order valence-electron chi connectivity index (χ1n) is 14.4. The molecule has 4 aromatic rings. The fraction of sp³-hybridized carbons (Fsp3) is 0.412. The van der Waals surface area contributed by atoms with E-state index >= 15 is 0 Å². The summed E-state index contributed by atoms with van der Waals surface area (Å²) in [6.07, 6.45) is 9.90. The third kappa shape index (κ3) is 4.05. The lowest BCUT2D eigenvalue weighted by molar-refractivity contribution is 0.661. The van der Waals surface area contributed by atoms with Crippen LogP contribution in [-0.2, 0) is 12.8 Å². The van der Waals surface area contributed by atoms with Crippen molar-refractivity contribution in [1.82, 2.24) is 0 Å². The van der Waals surface area contributed by atoms with Crippen LogP contribution in [0.15, 0.2) is 60.7 Å². The van der Waals surface area contributed by atoms with E-state index < -0.39 is 0 Å². The quantitative estimate of drug-likeness (QED) is 0.263. The van der Waals surface area contributed by atoms with Crippen molar-refractivity contribution in [3.8, 4) is 11.1 Å². The second kappa shape index (κ2) is 10.2. The highest BCUT2D eigenvalue weighted by Gasteiger charge is 2.25. The molecule has 0 amide bonds. The van der Waals surface area contributed by atoms with Gasteiger partial charge in [0, 0.05) is 48.3 Å². The molecule has 6 rings (SSSR count). The Morgan fingerprint density at radius 1 is 0.583 bits per heavy atom. The molecule has 36 heavy (non-hydrogen) atoms. The lowest BCUT2D eigenvalue weighted by atomic mass is 9.85. The van der Waals surface area contributed by atoms with Crippen molar-refractivity contribution >= 4 is 32.9 Å². The van der Waals surface area contributed by atoms with E-state index in [1.165, 1.54) is 133 Å². The van der Waals surface area contributed by atoms with E-state index in [0.29, 0.717) is 0 Å². The molecule has 0 saturated carbocycles. The van der Waals surface area contributed by atoms with Crippen molar-refractivity contribution in [2.75, 3.05) is 36.0 Å². The topological polar surface area (TPSA) is 6.48 Å². The Hall–Kier alpha value is -3.00. The molecule has 2 aliphatic heterocycles. The highest BCUT2D eigenvalue weighted by Crippen LogP contribution is 2.45. The van der Waals surface area contributed by atoms with E-state index in [1.54, 1.807) is 0 Å². The molecular formula is C34H40N2. The summed E-state index contributed by atoms with van der Waals surface area (Å²) in [5.74, 6) is 0. The van der Waals surface area contributed by atoms with Crippen LogP contribution in [0.25, 0.3) is 32.7 Å². The second-order valence-electron chi connectivity index (χ2n) is 10.8. The number of unbranched alkanes of at least 4 members (excludes halogenated alkanes) is 2. The molecule has 0 N–H and O–H groups in total. The summed E-state index contributed by atoms with van der Waals surface area (Å²) >= 11 is 0. The van der Waals surface area contributed by atoms with E-state index in [0.717, 1.165) is 0 Å². The van der Waals surface area contributed by atoms with E-state index in [-0.39, 0.29) is 0 Å². The molecule has 2 heteroatoms. The number of hydrogen-bond acceptors (Lipinski definition) is 2. The first-order valence-corrected chi connectivity index (χ1v) is 14.4. The Labute approximate surface area is 216 Å². The Morgan fingerprint density at radius 3 is 1.42 bits per heavy atom. The van der Waals surface area contributed by atoms with Gasteiger partial charge in [-0.05, 0) is 83.7 Å². The maximum absolute atomic E-state index is 2.67. The van der Waals surface area contributed by atoms with Crippen LogP contribution >= 0.6 is 0 Å². The Morgan fingerprint density at radius 2 is 1.00 bits per heavy atom. The molecule has 0 bridgehead atoms. The molecule has 0 saturated heterocycles. The van der Waals surface area contributed by atoms with Gasteiger partial charge in [-0.3, -0.25) is 0 Å². The first-order chi connectivity index (χ1) is 17.8. The van der Waals surface area contributed by atoms with Gasteiger partial charge >= 0.3 is 0 Å². The standard InChI is InChI=1S/C34H40N2/c1-3-5-19-35-21-11-13-25-23-31(27-15-7-9-17-29(27)33(25)35)32-24-26-14-12-22-36(20-6-4-2)34(26)30-18-10-8-16-28(30)32/h7-10,15-18,23-24H,3-6,11-14,19-22H2,1-2H3. The Kier molecular flexibility index (Phi) is 6.61. The number of aryl methyl sites for hydroxylation is 2. The SMILES string of the molecule is CCCCN1CCCc2cc(-c3cc4c(c5ccccc35)N(CCCC)CCC4)c3ccccc3c21. The zero-order valence-electron chi connectivity index (χ0n) is 22.2. The lowest BCUT2D eigenvalue weighted by Crippen LogP contribution is -2.30. The van der Waals surface area contributed by atoms with Crippen molar-refractivity contribution < 1.29 is 0 Å². The fourth-order valence-corrected chi connectivity index (χ4v) is 6.70. The molecule has 186 valence electrons. The minimum Gasteiger partial charge on any atom is -0.371 e. The van der Waals surface area contributed by atoms with Gasteiger partial charge in [0.15, 0.2) is 0 Å². The van der Waals surface area contributed by atoms with Crippen LogP contribution in [0.5, 0.6) is 0 Å². The predicted octanol–water partition coefficient (Wildman–Crippen LogP) is 8.77. The summed E-state index contributed by atoms with van der Waals surface area (Å²) in [5, 5.41) is 5.69. The van der Waals surface area contributed by atoms with Crippen molar-refractivity contribution in [1.29, 1.82) is 0 Å². The van der Waals surface area contributed by atoms with E-state index in [4.69, 9.17) is 0 Å².